The normalized spacial score (nSPS) is 13.2. The van der Waals surface area contributed by atoms with Gasteiger partial charge in [-0.15, -0.1) is 0 Å². The van der Waals surface area contributed by atoms with Crippen LogP contribution in [0.2, 0.25) is 0 Å². The molecular weight excluding hydrogens is 526 g/mol. The number of aliphatic carboxylic acids is 1. The summed E-state index contributed by atoms with van der Waals surface area (Å²) in [5.74, 6) is -3.12. The van der Waals surface area contributed by atoms with Gasteiger partial charge in [-0.1, -0.05) is 26.0 Å². The van der Waals surface area contributed by atoms with Gasteiger partial charge in [-0.05, 0) is 38.3 Å². The number of carboxylic acid groups (broad SMARTS) is 1. The van der Waals surface area contributed by atoms with E-state index in [0.717, 1.165) is 0 Å². The van der Waals surface area contributed by atoms with Crippen LogP contribution in [0, 0.1) is 5.41 Å². The monoisotopic (exact) mass is 561 g/mol. The van der Waals surface area contributed by atoms with Crippen LogP contribution in [0.3, 0.4) is 0 Å². The number of hydrogen-bond acceptors (Lipinski definition) is 11. The molecule has 0 bridgehead atoms. The van der Waals surface area contributed by atoms with Gasteiger partial charge in [0.1, 0.15) is 11.3 Å². The maximum atomic E-state index is 12.1. The third kappa shape index (κ3) is 10.3. The van der Waals surface area contributed by atoms with Crippen LogP contribution in [0.1, 0.15) is 57.3 Å². The molecule has 13 nitrogen and oxygen atoms in total. The van der Waals surface area contributed by atoms with Crippen LogP contribution in [0.4, 0.5) is 4.79 Å². The summed E-state index contributed by atoms with van der Waals surface area (Å²) in [6.45, 7) is 4.84. The van der Waals surface area contributed by atoms with E-state index in [2.05, 4.69) is 5.32 Å². The lowest BCUT2D eigenvalue weighted by atomic mass is 9.73. The van der Waals surface area contributed by atoms with Gasteiger partial charge in [-0.3, -0.25) is 8.98 Å². The van der Waals surface area contributed by atoms with Gasteiger partial charge in [0, 0.05) is 18.9 Å². The summed E-state index contributed by atoms with van der Waals surface area (Å²) in [5.41, 5.74) is -3.98. The van der Waals surface area contributed by atoms with Crippen LogP contribution in [-0.2, 0) is 33.4 Å². The molecule has 1 atom stereocenters. The number of carboxylic acids is 1. The van der Waals surface area contributed by atoms with E-state index in [-0.39, 0.29) is 49.8 Å². The number of aliphatic hydroxyl groups is 1. The van der Waals surface area contributed by atoms with Crippen molar-refractivity contribution in [2.45, 2.75) is 52.6 Å². The number of para-hydroxylation sites is 1. The van der Waals surface area contributed by atoms with Gasteiger partial charge < -0.3 is 29.7 Å². The van der Waals surface area contributed by atoms with Gasteiger partial charge in [0.25, 0.3) is 10.1 Å². The maximum Gasteiger partial charge on any atom is 0.513 e. The third-order valence-corrected chi connectivity index (χ3v) is 6.76. The number of amides is 1. The van der Waals surface area contributed by atoms with Crippen molar-refractivity contribution in [2.75, 3.05) is 32.1 Å². The van der Waals surface area contributed by atoms with E-state index >= 15 is 0 Å². The van der Waals surface area contributed by atoms with Crippen LogP contribution in [0.5, 0.6) is 5.75 Å². The molecule has 1 amide bonds. The zero-order valence-corrected chi connectivity index (χ0v) is 22.7. The smallest absolute Gasteiger partial charge is 0.479 e. The number of carbonyl (C=O) groups is 4. The second kappa shape index (κ2) is 14.6. The van der Waals surface area contributed by atoms with Crippen molar-refractivity contribution in [1.82, 2.24) is 5.32 Å². The minimum Gasteiger partial charge on any atom is -0.479 e. The fourth-order valence-corrected chi connectivity index (χ4v) is 4.29. The third-order valence-electron chi connectivity index (χ3n) is 5.50. The summed E-state index contributed by atoms with van der Waals surface area (Å²) in [4.78, 5) is 46.8. The van der Waals surface area contributed by atoms with Crippen LogP contribution >= 0.6 is 0 Å². The lowest BCUT2D eigenvalue weighted by Gasteiger charge is -2.38. The quantitative estimate of drug-likeness (QED) is 0.115. The molecule has 1 rings (SSSR count). The molecule has 214 valence electrons. The zero-order chi connectivity index (χ0) is 29.0. The van der Waals surface area contributed by atoms with E-state index in [0.29, 0.717) is 0 Å². The van der Waals surface area contributed by atoms with E-state index in [9.17, 15) is 37.8 Å². The molecule has 0 heterocycles. The highest BCUT2D eigenvalue weighted by atomic mass is 32.2. The molecule has 1 aromatic rings. The largest absolute Gasteiger partial charge is 0.513 e. The molecule has 3 N–H and O–H groups in total. The fraction of sp³-hybridized carbons (Fsp3) is 0.583. The predicted molar refractivity (Wildman–Crippen MR) is 133 cm³/mol. The SMILES string of the molecule is CCOC(=O)c1ccccc1OC(=O)OCCC[C@](O)(C(=O)O)C(C)(C)COS(=O)(=O)CCCNC(C)=O. The Kier molecular flexibility index (Phi) is 12.6. The first-order valence-corrected chi connectivity index (χ1v) is 13.4. The Bertz CT molecular complexity index is 1090. The number of esters is 1. The molecule has 0 radical (unpaired) electrons. The average Bonchev–Trinajstić information content (AvgIpc) is 2.83. The Morgan fingerprint density at radius 2 is 1.71 bits per heavy atom. The van der Waals surface area contributed by atoms with Crippen LogP contribution in [0.25, 0.3) is 0 Å². The van der Waals surface area contributed by atoms with Gasteiger partial charge in [0.05, 0.1) is 25.6 Å². The van der Waals surface area contributed by atoms with Gasteiger partial charge in [-0.2, -0.15) is 8.42 Å². The zero-order valence-electron chi connectivity index (χ0n) is 21.9. The van der Waals surface area contributed by atoms with Gasteiger partial charge in [-0.25, -0.2) is 14.4 Å². The van der Waals surface area contributed by atoms with Crippen LogP contribution in [-0.4, -0.2) is 80.4 Å². The maximum absolute atomic E-state index is 12.1. The molecule has 1 aromatic carbocycles. The van der Waals surface area contributed by atoms with Gasteiger partial charge >= 0.3 is 18.1 Å². The van der Waals surface area contributed by atoms with Crippen molar-refractivity contribution >= 4 is 34.1 Å². The minimum absolute atomic E-state index is 0.0124. The standard InChI is InChI=1S/C24H35NO12S/c1-5-34-20(27)18-10-6-7-11-19(18)37-22(30)35-14-8-12-24(31,21(28)29)23(3,4)16-36-38(32,33)15-9-13-25-17(2)26/h6-7,10-11,31H,5,8-9,12-16H2,1-4H3,(H,25,26)(H,28,29)/t24-/m0/s1. The Hall–Kier alpha value is -3.23. The molecule has 0 fully saturated rings. The van der Waals surface area contributed by atoms with Crippen molar-refractivity contribution in [3.05, 3.63) is 29.8 Å². The molecule has 14 heteroatoms. The van der Waals surface area contributed by atoms with Crippen LogP contribution in [0.15, 0.2) is 24.3 Å². The summed E-state index contributed by atoms with van der Waals surface area (Å²) in [6, 6.07) is 5.86. The van der Waals surface area contributed by atoms with Crippen molar-refractivity contribution in [3.63, 3.8) is 0 Å². The van der Waals surface area contributed by atoms with E-state index < -0.39 is 58.0 Å². The number of ether oxygens (including phenoxy) is 3. The molecule has 0 spiro atoms. The molecule has 38 heavy (non-hydrogen) atoms. The molecule has 0 saturated heterocycles. The second-order valence-electron chi connectivity index (χ2n) is 8.93. The van der Waals surface area contributed by atoms with Crippen molar-refractivity contribution in [1.29, 1.82) is 0 Å². The lowest BCUT2D eigenvalue weighted by molar-refractivity contribution is -0.177. The fourth-order valence-electron chi connectivity index (χ4n) is 3.20. The number of rotatable bonds is 16. The number of hydrogen-bond donors (Lipinski definition) is 3. The summed E-state index contributed by atoms with van der Waals surface area (Å²) >= 11 is 0. The van der Waals surface area contributed by atoms with Crippen molar-refractivity contribution in [3.8, 4) is 5.75 Å². The first-order chi connectivity index (χ1) is 17.6. The number of carbonyl (C=O) groups excluding carboxylic acids is 3. The highest BCUT2D eigenvalue weighted by molar-refractivity contribution is 7.86. The van der Waals surface area contributed by atoms with E-state index in [4.69, 9.17) is 18.4 Å². The minimum atomic E-state index is -4.05. The molecule has 0 unspecified atom stereocenters. The Labute approximate surface area is 221 Å². The number of benzene rings is 1. The topological polar surface area (TPSA) is 192 Å². The Balaban J connectivity index is 2.67. The first-order valence-electron chi connectivity index (χ1n) is 11.8. The highest BCUT2D eigenvalue weighted by Gasteiger charge is 2.50. The summed E-state index contributed by atoms with van der Waals surface area (Å²) < 4.78 is 44.1. The molecule has 0 aliphatic heterocycles. The van der Waals surface area contributed by atoms with Crippen LogP contribution < -0.4 is 10.1 Å². The summed E-state index contributed by atoms with van der Waals surface area (Å²) in [5, 5.41) is 23.0. The molecule has 0 aromatic heterocycles. The van der Waals surface area contributed by atoms with E-state index in [1.165, 1.54) is 39.0 Å². The molecular formula is C24H35NO12S. The summed E-state index contributed by atoms with van der Waals surface area (Å²) in [6.07, 6.45) is -1.60. The molecule has 0 aliphatic rings. The molecule has 0 saturated carbocycles. The summed E-state index contributed by atoms with van der Waals surface area (Å²) in [7, 11) is -4.05. The highest BCUT2D eigenvalue weighted by Crippen LogP contribution is 2.36. The van der Waals surface area contributed by atoms with E-state index in [1.807, 2.05) is 0 Å². The Morgan fingerprint density at radius 1 is 1.05 bits per heavy atom. The molecule has 0 aliphatic carbocycles. The first kappa shape index (κ1) is 32.8. The van der Waals surface area contributed by atoms with Gasteiger partial charge in [0.2, 0.25) is 5.91 Å². The predicted octanol–water partition coefficient (Wildman–Crippen LogP) is 1.87. The van der Waals surface area contributed by atoms with Crippen molar-refractivity contribution in [2.24, 2.45) is 5.41 Å². The number of nitrogens with one attached hydrogen (secondary N) is 1. The second-order valence-corrected chi connectivity index (χ2v) is 10.7. The van der Waals surface area contributed by atoms with Crippen molar-refractivity contribution < 1.29 is 56.2 Å². The lowest BCUT2D eigenvalue weighted by Crippen LogP contribution is -2.54. The van der Waals surface area contributed by atoms with E-state index in [1.54, 1.807) is 13.0 Å². The Morgan fingerprint density at radius 3 is 2.32 bits per heavy atom. The average molecular weight is 562 g/mol. The van der Waals surface area contributed by atoms with Gasteiger partial charge in [0.15, 0.2) is 5.60 Å².